The van der Waals surface area contributed by atoms with Gasteiger partial charge in [0.2, 0.25) is 0 Å². The molecule has 0 aliphatic carbocycles. The molecule has 4 nitrogen and oxygen atoms in total. The number of esters is 1. The topological polar surface area (TPSA) is 38.8 Å². The highest BCUT2D eigenvalue weighted by atomic mass is 16.5. The lowest BCUT2D eigenvalue weighted by Gasteiger charge is -2.25. The summed E-state index contributed by atoms with van der Waals surface area (Å²) in [5.74, 6) is 0.457. The van der Waals surface area contributed by atoms with E-state index in [1.165, 1.54) is 0 Å². The average Bonchev–Trinajstić information content (AvgIpc) is 2.35. The second-order valence-corrected chi connectivity index (χ2v) is 4.64. The van der Waals surface area contributed by atoms with Crippen LogP contribution in [0.1, 0.15) is 17.5 Å². The van der Waals surface area contributed by atoms with E-state index < -0.39 is 0 Å². The smallest absolute Gasteiger partial charge is 0.325 e. The molecule has 1 fully saturated rings. The fraction of sp³-hybridized carbons (Fsp3) is 0.500. The van der Waals surface area contributed by atoms with Crippen molar-refractivity contribution in [1.29, 1.82) is 0 Å². The van der Waals surface area contributed by atoms with Crippen LogP contribution in [0, 0.1) is 13.8 Å². The summed E-state index contributed by atoms with van der Waals surface area (Å²) in [6, 6.07) is 5.85. The summed E-state index contributed by atoms with van der Waals surface area (Å²) in [7, 11) is 0. The molecule has 1 aliphatic heterocycles. The van der Waals surface area contributed by atoms with Crippen LogP contribution in [-0.4, -0.2) is 37.3 Å². The lowest BCUT2D eigenvalue weighted by molar-refractivity contribution is -0.138. The van der Waals surface area contributed by atoms with E-state index in [2.05, 4.69) is 0 Å². The first-order valence-corrected chi connectivity index (χ1v) is 6.24. The van der Waals surface area contributed by atoms with Crippen molar-refractivity contribution >= 4 is 5.97 Å². The van der Waals surface area contributed by atoms with Crippen molar-refractivity contribution in [2.24, 2.45) is 0 Å². The number of ether oxygens (including phenoxy) is 2. The Bertz CT molecular complexity index is 405. The van der Waals surface area contributed by atoms with Gasteiger partial charge in [0, 0.05) is 13.2 Å². The number of hydrogen-bond acceptors (Lipinski definition) is 4. The highest BCUT2D eigenvalue weighted by Crippen LogP contribution is 2.22. The van der Waals surface area contributed by atoms with Crippen LogP contribution in [0.3, 0.4) is 0 Å². The Hall–Kier alpha value is -1.39. The Morgan fingerprint density at radius 3 is 2.72 bits per heavy atom. The Morgan fingerprint density at radius 2 is 2.11 bits per heavy atom. The predicted molar refractivity (Wildman–Crippen MR) is 68.6 cm³/mol. The van der Waals surface area contributed by atoms with Crippen molar-refractivity contribution in [3.05, 3.63) is 29.3 Å². The summed E-state index contributed by atoms with van der Waals surface area (Å²) < 4.78 is 10.7. The molecule has 18 heavy (non-hydrogen) atoms. The summed E-state index contributed by atoms with van der Waals surface area (Å²) in [5, 5.41) is 0. The molecule has 0 spiro atoms. The third-order valence-corrected chi connectivity index (χ3v) is 3.01. The zero-order valence-corrected chi connectivity index (χ0v) is 10.9. The van der Waals surface area contributed by atoms with Gasteiger partial charge in [0.25, 0.3) is 0 Å². The van der Waals surface area contributed by atoms with E-state index in [9.17, 15) is 4.79 Å². The lowest BCUT2D eigenvalue weighted by Crippen LogP contribution is -2.38. The van der Waals surface area contributed by atoms with Gasteiger partial charge in [-0.25, -0.2) is 0 Å². The number of para-hydroxylation sites is 1. The number of hydrogen-bond donors (Lipinski definition) is 0. The molecular weight excluding hydrogens is 230 g/mol. The first-order valence-electron chi connectivity index (χ1n) is 6.24. The van der Waals surface area contributed by atoms with E-state index in [0.717, 1.165) is 30.7 Å². The van der Waals surface area contributed by atoms with Crippen LogP contribution in [0.5, 0.6) is 5.75 Å². The number of nitrogens with zero attached hydrogens (tertiary/aromatic N) is 1. The lowest BCUT2D eigenvalue weighted by atomic mass is 10.1. The molecule has 1 saturated heterocycles. The zero-order valence-electron chi connectivity index (χ0n) is 10.9. The first kappa shape index (κ1) is 13.1. The van der Waals surface area contributed by atoms with Gasteiger partial charge in [-0.05, 0) is 31.4 Å². The summed E-state index contributed by atoms with van der Waals surface area (Å²) in [5.41, 5.74) is 1.97. The summed E-state index contributed by atoms with van der Waals surface area (Å²) in [4.78, 5) is 13.8. The molecule has 1 aromatic rings. The van der Waals surface area contributed by atoms with Crippen LogP contribution in [0.2, 0.25) is 0 Å². The Morgan fingerprint density at radius 1 is 1.39 bits per heavy atom. The van der Waals surface area contributed by atoms with Gasteiger partial charge in [-0.2, -0.15) is 0 Å². The van der Waals surface area contributed by atoms with Gasteiger partial charge in [0.1, 0.15) is 5.75 Å². The van der Waals surface area contributed by atoms with Gasteiger partial charge in [0.15, 0.2) is 0 Å². The molecule has 98 valence electrons. The fourth-order valence-corrected chi connectivity index (χ4v) is 2.06. The quantitative estimate of drug-likeness (QED) is 0.605. The first-order chi connectivity index (χ1) is 8.66. The average molecular weight is 249 g/mol. The van der Waals surface area contributed by atoms with Crippen molar-refractivity contribution in [2.75, 3.05) is 26.4 Å². The Kier molecular flexibility index (Phi) is 4.33. The summed E-state index contributed by atoms with van der Waals surface area (Å²) in [6.07, 6.45) is 0.969. The minimum atomic E-state index is -0.224. The van der Waals surface area contributed by atoms with Crippen LogP contribution in [0.25, 0.3) is 0 Å². The van der Waals surface area contributed by atoms with E-state index in [4.69, 9.17) is 9.47 Å². The largest absolute Gasteiger partial charge is 0.425 e. The highest BCUT2D eigenvalue weighted by Gasteiger charge is 2.16. The van der Waals surface area contributed by atoms with Crippen molar-refractivity contribution in [3.8, 4) is 5.75 Å². The van der Waals surface area contributed by atoms with Gasteiger partial charge >= 0.3 is 5.97 Å². The molecule has 0 aromatic heterocycles. The molecule has 0 saturated carbocycles. The minimum Gasteiger partial charge on any atom is -0.425 e. The van der Waals surface area contributed by atoms with E-state index >= 15 is 0 Å². The molecule has 4 heteroatoms. The van der Waals surface area contributed by atoms with Crippen LogP contribution in [0.4, 0.5) is 0 Å². The van der Waals surface area contributed by atoms with E-state index in [-0.39, 0.29) is 12.5 Å². The molecule has 0 unspecified atom stereocenters. The monoisotopic (exact) mass is 249 g/mol. The number of carbonyl (C=O) groups is 1. The van der Waals surface area contributed by atoms with Crippen LogP contribution in [0.15, 0.2) is 18.2 Å². The van der Waals surface area contributed by atoms with Crippen LogP contribution in [-0.2, 0) is 9.53 Å². The molecule has 1 heterocycles. The predicted octanol–water partition coefficient (Wildman–Crippen LogP) is 1.89. The summed E-state index contributed by atoms with van der Waals surface area (Å²) in [6.45, 7) is 6.36. The standard InChI is InChI=1S/C14H19NO3/c1-11-5-3-6-12(2)14(11)18-13(16)9-15-7-4-8-17-10-15/h3,5-6H,4,7-10H2,1-2H3. The second-order valence-electron chi connectivity index (χ2n) is 4.64. The molecule has 0 bridgehead atoms. The van der Waals surface area contributed by atoms with Crippen molar-refractivity contribution in [2.45, 2.75) is 20.3 Å². The normalized spacial score (nSPS) is 16.6. The maximum Gasteiger partial charge on any atom is 0.325 e. The Labute approximate surface area is 107 Å². The summed E-state index contributed by atoms with van der Waals surface area (Å²) >= 11 is 0. The van der Waals surface area contributed by atoms with Gasteiger partial charge in [-0.15, -0.1) is 0 Å². The second kappa shape index (κ2) is 5.98. The molecule has 2 rings (SSSR count). The van der Waals surface area contributed by atoms with Crippen LogP contribution < -0.4 is 4.74 Å². The molecular formula is C14H19NO3. The SMILES string of the molecule is Cc1cccc(C)c1OC(=O)CN1CCCOC1. The molecule has 1 aliphatic rings. The maximum atomic E-state index is 11.9. The van der Waals surface area contributed by atoms with Gasteiger partial charge in [-0.1, -0.05) is 18.2 Å². The highest BCUT2D eigenvalue weighted by molar-refractivity contribution is 5.75. The molecule has 0 atom stereocenters. The van der Waals surface area contributed by atoms with Gasteiger partial charge in [0.05, 0.1) is 13.3 Å². The van der Waals surface area contributed by atoms with Gasteiger partial charge in [-0.3, -0.25) is 9.69 Å². The third kappa shape index (κ3) is 3.31. The molecule has 0 N–H and O–H groups in total. The van der Waals surface area contributed by atoms with E-state index in [0.29, 0.717) is 12.5 Å². The van der Waals surface area contributed by atoms with Crippen molar-refractivity contribution in [1.82, 2.24) is 4.90 Å². The van der Waals surface area contributed by atoms with E-state index in [1.54, 1.807) is 0 Å². The van der Waals surface area contributed by atoms with Crippen molar-refractivity contribution < 1.29 is 14.3 Å². The molecule has 1 aromatic carbocycles. The zero-order chi connectivity index (χ0) is 13.0. The number of benzene rings is 1. The van der Waals surface area contributed by atoms with Crippen molar-refractivity contribution in [3.63, 3.8) is 0 Å². The number of carbonyl (C=O) groups excluding carboxylic acids is 1. The molecule has 0 radical (unpaired) electrons. The maximum absolute atomic E-state index is 11.9. The number of rotatable bonds is 3. The van der Waals surface area contributed by atoms with Crippen LogP contribution >= 0.6 is 0 Å². The van der Waals surface area contributed by atoms with Gasteiger partial charge < -0.3 is 9.47 Å². The number of aryl methyl sites for hydroxylation is 2. The Balaban J connectivity index is 1.94. The molecule has 0 amide bonds. The van der Waals surface area contributed by atoms with E-state index in [1.807, 2.05) is 36.9 Å². The minimum absolute atomic E-state index is 0.224. The fourth-order valence-electron chi connectivity index (χ4n) is 2.06. The third-order valence-electron chi connectivity index (χ3n) is 3.01.